The number of hydrogen-bond donors (Lipinski definition) is 0. The van der Waals surface area contributed by atoms with E-state index < -0.39 is 8.07 Å². The van der Waals surface area contributed by atoms with Crippen LogP contribution >= 0.6 is 0 Å². The summed E-state index contributed by atoms with van der Waals surface area (Å²) in [6, 6.07) is 2.48. The zero-order chi connectivity index (χ0) is 10.2. The van der Waals surface area contributed by atoms with Crippen molar-refractivity contribution in [3.8, 4) is 22.9 Å². The highest BCUT2D eigenvalue weighted by Gasteiger charge is 2.26. The van der Waals surface area contributed by atoms with Crippen LogP contribution in [0.4, 0.5) is 0 Å². The summed E-state index contributed by atoms with van der Waals surface area (Å²) in [5, 5.41) is 0. The largest absolute Gasteiger partial charge is 0.216 e. The first-order valence-electron chi connectivity index (χ1n) is 5.12. The van der Waals surface area contributed by atoms with Crippen molar-refractivity contribution < 1.29 is 0 Å². The zero-order valence-corrected chi connectivity index (χ0v) is 10.3. The van der Waals surface area contributed by atoms with Gasteiger partial charge in [-0.15, -0.1) is 22.9 Å². The van der Waals surface area contributed by atoms with Crippen LogP contribution in [0, 0.1) is 22.9 Å². The van der Waals surface area contributed by atoms with Crippen molar-refractivity contribution in [1.82, 2.24) is 0 Å². The van der Waals surface area contributed by atoms with Crippen LogP contribution in [0.25, 0.3) is 0 Å². The first kappa shape index (κ1) is 12.3. The summed E-state index contributed by atoms with van der Waals surface area (Å²) in [6.45, 7) is 8.33. The van der Waals surface area contributed by atoms with Gasteiger partial charge in [-0.3, -0.25) is 0 Å². The van der Waals surface area contributed by atoms with Crippen LogP contribution in [0.2, 0.25) is 12.1 Å². The van der Waals surface area contributed by atoms with Gasteiger partial charge in [-0.2, -0.15) is 0 Å². The second-order valence-corrected chi connectivity index (χ2v) is 7.00. The van der Waals surface area contributed by atoms with Crippen LogP contribution in [0.15, 0.2) is 0 Å². The first-order chi connectivity index (χ1) is 6.24. The molecule has 0 aliphatic carbocycles. The molecule has 0 N–H and O–H groups in total. The van der Waals surface area contributed by atoms with Crippen molar-refractivity contribution in [2.75, 3.05) is 0 Å². The maximum absolute atomic E-state index is 3.41. The molecule has 0 saturated carbocycles. The Labute approximate surface area is 84.1 Å². The van der Waals surface area contributed by atoms with Gasteiger partial charge in [0.15, 0.2) is 0 Å². The van der Waals surface area contributed by atoms with Gasteiger partial charge < -0.3 is 0 Å². The molecule has 0 radical (unpaired) electrons. The summed E-state index contributed by atoms with van der Waals surface area (Å²) in [7, 11) is -1.52. The van der Waals surface area contributed by atoms with Gasteiger partial charge in [0.25, 0.3) is 0 Å². The molecule has 0 amide bonds. The third-order valence-corrected chi connectivity index (χ3v) is 6.25. The van der Waals surface area contributed by atoms with E-state index in [1.165, 1.54) is 24.9 Å². The highest BCUT2D eigenvalue weighted by molar-refractivity contribution is 6.94. The van der Waals surface area contributed by atoms with E-state index in [2.05, 4.69) is 36.8 Å². The molecule has 0 aliphatic heterocycles. The lowest BCUT2D eigenvalue weighted by molar-refractivity contribution is 1.00. The van der Waals surface area contributed by atoms with Crippen molar-refractivity contribution >= 4 is 8.07 Å². The molecule has 0 bridgehead atoms. The molecule has 0 unspecified atom stereocenters. The Morgan fingerprint density at radius 3 is 1.46 bits per heavy atom. The molecule has 0 aliphatic rings. The van der Waals surface area contributed by atoms with E-state index in [1.54, 1.807) is 0 Å². The monoisotopic (exact) mass is 192 g/mol. The van der Waals surface area contributed by atoms with Gasteiger partial charge in [0.2, 0.25) is 8.07 Å². The molecule has 0 rings (SSSR count). The van der Waals surface area contributed by atoms with Gasteiger partial charge in [0.05, 0.1) is 0 Å². The fourth-order valence-corrected chi connectivity index (χ4v) is 5.22. The average molecular weight is 192 g/mol. The molecule has 0 aromatic heterocycles. The van der Waals surface area contributed by atoms with Gasteiger partial charge >= 0.3 is 0 Å². The predicted molar refractivity (Wildman–Crippen MR) is 62.9 cm³/mol. The Bertz CT molecular complexity index is 216. The zero-order valence-electron chi connectivity index (χ0n) is 9.33. The van der Waals surface area contributed by atoms with E-state index in [1.807, 2.05) is 13.8 Å². The normalized spacial score (nSPS) is 9.54. The smallest absolute Gasteiger partial charge is 0.116 e. The molecule has 0 spiro atoms. The lowest BCUT2D eigenvalue weighted by Gasteiger charge is -2.17. The molecule has 0 heterocycles. The highest BCUT2D eigenvalue weighted by Crippen LogP contribution is 2.18. The van der Waals surface area contributed by atoms with Gasteiger partial charge in [-0.1, -0.05) is 26.7 Å². The van der Waals surface area contributed by atoms with E-state index in [-0.39, 0.29) is 0 Å². The standard InChI is InChI=1S/C12H20Si/c1-5-9-13(10-6-2,11-7-3)12-8-4/h5-6,9-10H2,1-4H3. The minimum Gasteiger partial charge on any atom is -0.116 e. The van der Waals surface area contributed by atoms with Crippen molar-refractivity contribution in [3.05, 3.63) is 0 Å². The van der Waals surface area contributed by atoms with Crippen LogP contribution in [0.3, 0.4) is 0 Å². The maximum atomic E-state index is 3.41. The molecular weight excluding hydrogens is 172 g/mol. The minimum atomic E-state index is -1.52. The lowest BCUT2D eigenvalue weighted by atomic mass is 10.6. The Morgan fingerprint density at radius 2 is 1.23 bits per heavy atom. The van der Waals surface area contributed by atoms with Gasteiger partial charge in [0, 0.05) is 0 Å². The number of hydrogen-bond acceptors (Lipinski definition) is 0. The second kappa shape index (κ2) is 6.81. The molecular formula is C12H20Si. The quantitative estimate of drug-likeness (QED) is 0.473. The number of rotatable bonds is 4. The van der Waals surface area contributed by atoms with Crippen molar-refractivity contribution in [1.29, 1.82) is 0 Å². The van der Waals surface area contributed by atoms with Crippen LogP contribution in [-0.4, -0.2) is 8.07 Å². The van der Waals surface area contributed by atoms with E-state index in [4.69, 9.17) is 0 Å². The highest BCUT2D eigenvalue weighted by atomic mass is 28.3. The summed E-state index contributed by atoms with van der Waals surface area (Å²) in [5.74, 6) is 6.14. The third kappa shape index (κ3) is 4.20. The SMILES string of the molecule is CC#C[Si](C#CC)(CCC)CCC. The fourth-order valence-electron chi connectivity index (χ4n) is 1.74. The Morgan fingerprint density at radius 1 is 0.846 bits per heavy atom. The Kier molecular flexibility index (Phi) is 6.46. The van der Waals surface area contributed by atoms with Gasteiger partial charge in [-0.25, -0.2) is 0 Å². The summed E-state index contributed by atoms with van der Waals surface area (Å²) < 4.78 is 0. The Hall–Kier alpha value is -0.663. The topological polar surface area (TPSA) is 0 Å². The van der Waals surface area contributed by atoms with Crippen molar-refractivity contribution in [2.24, 2.45) is 0 Å². The molecule has 0 atom stereocenters. The van der Waals surface area contributed by atoms with Gasteiger partial charge in [0.1, 0.15) is 0 Å². The van der Waals surface area contributed by atoms with E-state index in [0.29, 0.717) is 0 Å². The summed E-state index contributed by atoms with van der Waals surface area (Å²) in [4.78, 5) is 0. The average Bonchev–Trinajstić information content (AvgIpc) is 2.06. The molecule has 72 valence electrons. The Balaban J connectivity index is 4.72. The van der Waals surface area contributed by atoms with Crippen LogP contribution in [0.5, 0.6) is 0 Å². The lowest BCUT2D eigenvalue weighted by Crippen LogP contribution is -2.30. The van der Waals surface area contributed by atoms with E-state index >= 15 is 0 Å². The maximum Gasteiger partial charge on any atom is 0.216 e. The van der Waals surface area contributed by atoms with Crippen LogP contribution < -0.4 is 0 Å². The van der Waals surface area contributed by atoms with Crippen LogP contribution in [0.1, 0.15) is 40.5 Å². The summed E-state index contributed by atoms with van der Waals surface area (Å²) in [5.41, 5.74) is 6.83. The third-order valence-electron chi connectivity index (χ3n) is 2.08. The van der Waals surface area contributed by atoms with Gasteiger partial charge in [-0.05, 0) is 25.9 Å². The molecule has 1 heteroatoms. The van der Waals surface area contributed by atoms with Crippen molar-refractivity contribution in [2.45, 2.75) is 52.6 Å². The predicted octanol–water partition coefficient (Wildman–Crippen LogP) is 3.38. The van der Waals surface area contributed by atoms with Crippen molar-refractivity contribution in [3.63, 3.8) is 0 Å². The first-order valence-corrected chi connectivity index (χ1v) is 7.54. The molecule has 13 heavy (non-hydrogen) atoms. The fraction of sp³-hybridized carbons (Fsp3) is 0.667. The molecule has 0 saturated heterocycles. The minimum absolute atomic E-state index is 1.22. The second-order valence-electron chi connectivity index (χ2n) is 3.33. The molecule has 0 aromatic rings. The van der Waals surface area contributed by atoms with E-state index in [0.717, 1.165) is 0 Å². The summed E-state index contributed by atoms with van der Waals surface area (Å²) in [6.07, 6.45) is 2.44. The molecule has 0 nitrogen and oxygen atoms in total. The van der Waals surface area contributed by atoms with Crippen LogP contribution in [-0.2, 0) is 0 Å². The molecule has 0 aromatic carbocycles. The van der Waals surface area contributed by atoms with E-state index in [9.17, 15) is 0 Å². The molecule has 0 fully saturated rings. The summed E-state index contributed by atoms with van der Waals surface area (Å²) >= 11 is 0.